The van der Waals surface area contributed by atoms with Gasteiger partial charge in [0, 0.05) is 11.4 Å². The molecule has 6 heteroatoms. The molecule has 1 atom stereocenters. The average Bonchev–Trinajstić information content (AvgIpc) is 2.73. The maximum absolute atomic E-state index is 12.4. The lowest BCUT2D eigenvalue weighted by Gasteiger charge is -2.20. The number of urea groups is 1. The summed E-state index contributed by atoms with van der Waals surface area (Å²) < 4.78 is 5.32. The van der Waals surface area contributed by atoms with Crippen molar-refractivity contribution in [2.24, 2.45) is 0 Å². The number of hydrogen-bond donors (Lipinski definition) is 3. The van der Waals surface area contributed by atoms with Crippen LogP contribution in [-0.4, -0.2) is 18.7 Å². The zero-order chi connectivity index (χ0) is 19.6. The van der Waals surface area contributed by atoms with Gasteiger partial charge in [0.25, 0.3) is 0 Å². The van der Waals surface area contributed by atoms with E-state index in [9.17, 15) is 9.59 Å². The molecule has 28 heavy (non-hydrogen) atoms. The molecule has 0 aromatic heterocycles. The molecule has 3 rings (SSSR count). The van der Waals surface area contributed by atoms with Crippen molar-refractivity contribution in [2.45, 2.75) is 6.04 Å². The standard InChI is InChI=1S/C22H21N3O3/c26-21(23-18-12-6-2-7-13-18)25-20(17-10-4-1-5-11-17)16-28-22(27)24-19-14-8-3-9-15-19/h1-15,20H,16H2,(H,24,27)(H2,23,25,26)/t20-/m0/s1. The SMILES string of the molecule is O=C(Nc1ccccc1)N[C@@H](COC(=O)Nc1ccccc1)c1ccccc1. The van der Waals surface area contributed by atoms with Crippen molar-refractivity contribution >= 4 is 23.5 Å². The summed E-state index contributed by atoms with van der Waals surface area (Å²) in [7, 11) is 0. The largest absolute Gasteiger partial charge is 0.447 e. The lowest BCUT2D eigenvalue weighted by Crippen LogP contribution is -2.35. The predicted octanol–water partition coefficient (Wildman–Crippen LogP) is 4.80. The Kier molecular flexibility index (Phi) is 6.62. The normalized spacial score (nSPS) is 11.1. The molecule has 0 saturated carbocycles. The maximum Gasteiger partial charge on any atom is 0.411 e. The third-order valence-corrected chi connectivity index (χ3v) is 3.94. The lowest BCUT2D eigenvalue weighted by atomic mass is 10.1. The number of para-hydroxylation sites is 2. The van der Waals surface area contributed by atoms with E-state index < -0.39 is 12.1 Å². The molecule has 3 aromatic rings. The van der Waals surface area contributed by atoms with E-state index in [1.807, 2.05) is 66.7 Å². The number of ether oxygens (including phenoxy) is 1. The molecule has 0 aliphatic carbocycles. The van der Waals surface area contributed by atoms with Gasteiger partial charge in [-0.1, -0.05) is 66.7 Å². The molecule has 0 aliphatic rings. The van der Waals surface area contributed by atoms with E-state index in [4.69, 9.17) is 4.74 Å². The van der Waals surface area contributed by atoms with Gasteiger partial charge in [0.05, 0.1) is 6.04 Å². The second kappa shape index (κ2) is 9.78. The van der Waals surface area contributed by atoms with Crippen LogP contribution in [0, 0.1) is 0 Å². The lowest BCUT2D eigenvalue weighted by molar-refractivity contribution is 0.149. The first kappa shape index (κ1) is 19.0. The minimum Gasteiger partial charge on any atom is -0.447 e. The fourth-order valence-corrected chi connectivity index (χ4v) is 2.59. The Hall–Kier alpha value is -3.80. The monoisotopic (exact) mass is 375 g/mol. The van der Waals surface area contributed by atoms with Crippen LogP contribution < -0.4 is 16.0 Å². The summed E-state index contributed by atoms with van der Waals surface area (Å²) >= 11 is 0. The molecule has 0 radical (unpaired) electrons. The average molecular weight is 375 g/mol. The highest BCUT2D eigenvalue weighted by Gasteiger charge is 2.17. The van der Waals surface area contributed by atoms with Crippen LogP contribution in [0.3, 0.4) is 0 Å². The van der Waals surface area contributed by atoms with E-state index in [0.717, 1.165) is 5.56 Å². The maximum atomic E-state index is 12.4. The quantitative estimate of drug-likeness (QED) is 0.579. The van der Waals surface area contributed by atoms with Crippen molar-refractivity contribution in [3.8, 4) is 0 Å². The van der Waals surface area contributed by atoms with Crippen LogP contribution in [0.5, 0.6) is 0 Å². The van der Waals surface area contributed by atoms with Gasteiger partial charge in [0.2, 0.25) is 0 Å². The van der Waals surface area contributed by atoms with Crippen molar-refractivity contribution in [1.82, 2.24) is 5.32 Å². The highest BCUT2D eigenvalue weighted by Crippen LogP contribution is 2.15. The highest BCUT2D eigenvalue weighted by molar-refractivity contribution is 5.89. The molecule has 0 spiro atoms. The Bertz CT molecular complexity index is 887. The van der Waals surface area contributed by atoms with Gasteiger partial charge in [-0.25, -0.2) is 9.59 Å². The molecule has 0 heterocycles. The zero-order valence-corrected chi connectivity index (χ0v) is 15.2. The van der Waals surface area contributed by atoms with Gasteiger partial charge < -0.3 is 15.4 Å². The van der Waals surface area contributed by atoms with Crippen LogP contribution >= 0.6 is 0 Å². The van der Waals surface area contributed by atoms with Gasteiger partial charge in [-0.3, -0.25) is 5.32 Å². The van der Waals surface area contributed by atoms with Crippen molar-refractivity contribution in [3.05, 3.63) is 96.6 Å². The number of carbonyl (C=O) groups is 2. The Balaban J connectivity index is 1.61. The van der Waals surface area contributed by atoms with Gasteiger partial charge >= 0.3 is 12.1 Å². The Morgan fingerprint density at radius 1 is 0.714 bits per heavy atom. The van der Waals surface area contributed by atoms with Crippen LogP contribution in [0.4, 0.5) is 21.0 Å². The topological polar surface area (TPSA) is 79.5 Å². The van der Waals surface area contributed by atoms with Crippen LogP contribution in [0.15, 0.2) is 91.0 Å². The number of carbonyl (C=O) groups excluding carboxylic acids is 2. The van der Waals surface area contributed by atoms with Crippen LogP contribution in [0.1, 0.15) is 11.6 Å². The van der Waals surface area contributed by atoms with Crippen LogP contribution in [-0.2, 0) is 4.74 Å². The minimum atomic E-state index is -0.586. The molecular formula is C22H21N3O3. The van der Waals surface area contributed by atoms with Gasteiger partial charge in [0.1, 0.15) is 6.61 Å². The molecular weight excluding hydrogens is 354 g/mol. The number of hydrogen-bond acceptors (Lipinski definition) is 3. The summed E-state index contributed by atoms with van der Waals surface area (Å²) in [5.74, 6) is 0. The first-order valence-electron chi connectivity index (χ1n) is 8.87. The smallest absolute Gasteiger partial charge is 0.411 e. The Morgan fingerprint density at radius 3 is 1.79 bits per heavy atom. The number of amides is 3. The molecule has 3 amide bonds. The van der Waals surface area contributed by atoms with Gasteiger partial charge in [-0.2, -0.15) is 0 Å². The van der Waals surface area contributed by atoms with Crippen LogP contribution in [0.2, 0.25) is 0 Å². The summed E-state index contributed by atoms with van der Waals surface area (Å²) in [5.41, 5.74) is 2.14. The van der Waals surface area contributed by atoms with E-state index in [1.54, 1.807) is 24.3 Å². The molecule has 142 valence electrons. The van der Waals surface area contributed by atoms with E-state index in [1.165, 1.54) is 0 Å². The third kappa shape index (κ3) is 5.88. The molecule has 0 saturated heterocycles. The summed E-state index contributed by atoms with van der Waals surface area (Å²) in [6.07, 6.45) is -0.586. The van der Waals surface area contributed by atoms with Gasteiger partial charge in [-0.15, -0.1) is 0 Å². The van der Waals surface area contributed by atoms with Crippen molar-refractivity contribution in [1.29, 1.82) is 0 Å². The number of rotatable bonds is 6. The number of nitrogens with one attached hydrogen (secondary N) is 3. The molecule has 0 unspecified atom stereocenters. The summed E-state index contributed by atoms with van der Waals surface area (Å²) in [6.45, 7) is -0.00904. The molecule has 3 aromatic carbocycles. The van der Waals surface area contributed by atoms with Crippen molar-refractivity contribution < 1.29 is 14.3 Å². The summed E-state index contributed by atoms with van der Waals surface area (Å²) in [4.78, 5) is 24.4. The predicted molar refractivity (Wildman–Crippen MR) is 109 cm³/mol. The van der Waals surface area contributed by atoms with E-state index in [-0.39, 0.29) is 12.6 Å². The van der Waals surface area contributed by atoms with Gasteiger partial charge in [0.15, 0.2) is 0 Å². The number of benzene rings is 3. The molecule has 0 aliphatic heterocycles. The second-order valence-corrected chi connectivity index (χ2v) is 6.02. The van der Waals surface area contributed by atoms with E-state index in [0.29, 0.717) is 11.4 Å². The molecule has 0 fully saturated rings. The highest BCUT2D eigenvalue weighted by atomic mass is 16.5. The zero-order valence-electron chi connectivity index (χ0n) is 15.2. The Labute approximate surface area is 163 Å². The minimum absolute atomic E-state index is 0.00904. The fourth-order valence-electron chi connectivity index (χ4n) is 2.59. The van der Waals surface area contributed by atoms with Crippen molar-refractivity contribution in [3.63, 3.8) is 0 Å². The summed E-state index contributed by atoms with van der Waals surface area (Å²) in [5, 5.41) is 8.26. The first-order chi connectivity index (χ1) is 13.7. The third-order valence-electron chi connectivity index (χ3n) is 3.94. The molecule has 3 N–H and O–H groups in total. The van der Waals surface area contributed by atoms with Gasteiger partial charge in [-0.05, 0) is 29.8 Å². The number of anilines is 2. The summed E-state index contributed by atoms with van der Waals surface area (Å²) in [6, 6.07) is 26.6. The van der Waals surface area contributed by atoms with E-state index in [2.05, 4.69) is 16.0 Å². The molecule has 0 bridgehead atoms. The van der Waals surface area contributed by atoms with Crippen LogP contribution in [0.25, 0.3) is 0 Å². The second-order valence-electron chi connectivity index (χ2n) is 6.02. The Morgan fingerprint density at radius 2 is 1.21 bits per heavy atom. The first-order valence-corrected chi connectivity index (χ1v) is 8.87. The van der Waals surface area contributed by atoms with E-state index >= 15 is 0 Å². The van der Waals surface area contributed by atoms with Crippen molar-refractivity contribution in [2.75, 3.05) is 17.2 Å². The fraction of sp³-hybridized carbons (Fsp3) is 0.0909. The molecule has 6 nitrogen and oxygen atoms in total.